The quantitative estimate of drug-likeness (QED) is 0.894. The number of aromatic nitrogens is 1. The van der Waals surface area contributed by atoms with Crippen molar-refractivity contribution in [2.45, 2.75) is 20.0 Å². The van der Waals surface area contributed by atoms with E-state index in [9.17, 15) is 9.18 Å². The molecule has 116 valence electrons. The number of aromatic carboxylic acids is 1. The lowest BCUT2D eigenvalue weighted by Crippen LogP contribution is -2.07. The number of carboxylic acids is 1. The molecule has 22 heavy (non-hydrogen) atoms. The predicted molar refractivity (Wildman–Crippen MR) is 78.4 cm³/mol. The summed E-state index contributed by atoms with van der Waals surface area (Å²) in [6, 6.07) is 4.93. The van der Waals surface area contributed by atoms with Gasteiger partial charge in [-0.25, -0.2) is 14.2 Å². The van der Waals surface area contributed by atoms with Gasteiger partial charge in [-0.3, -0.25) is 0 Å². The van der Waals surface area contributed by atoms with Crippen molar-refractivity contribution in [1.29, 1.82) is 0 Å². The van der Waals surface area contributed by atoms with Crippen LogP contribution in [0.1, 0.15) is 24.2 Å². The van der Waals surface area contributed by atoms with Gasteiger partial charge >= 0.3 is 5.97 Å². The fraction of sp³-hybridized carbons (Fsp3) is 0.200. The van der Waals surface area contributed by atoms with E-state index in [-0.39, 0.29) is 28.5 Å². The standard InChI is InChI=1S/C15H13ClFNO4/c1-8(2)21-14-12(16)5-10(7-18-14)22-9-3-4-11(15(19)20)13(17)6-9/h3-8H,1-2H3,(H,19,20). The molecule has 0 aliphatic heterocycles. The molecule has 0 aliphatic carbocycles. The minimum atomic E-state index is -1.34. The van der Waals surface area contributed by atoms with Crippen molar-refractivity contribution in [3.05, 3.63) is 46.9 Å². The van der Waals surface area contributed by atoms with Gasteiger partial charge in [-0.1, -0.05) is 11.6 Å². The second-order valence-corrected chi connectivity index (χ2v) is 5.08. The van der Waals surface area contributed by atoms with E-state index >= 15 is 0 Å². The molecule has 1 N–H and O–H groups in total. The first kappa shape index (κ1) is 16.0. The van der Waals surface area contributed by atoms with E-state index in [0.717, 1.165) is 12.1 Å². The number of carbonyl (C=O) groups is 1. The largest absolute Gasteiger partial charge is 0.478 e. The molecule has 0 aliphatic rings. The number of hydrogen-bond donors (Lipinski definition) is 1. The first-order valence-electron chi connectivity index (χ1n) is 6.39. The van der Waals surface area contributed by atoms with Gasteiger partial charge in [-0.2, -0.15) is 0 Å². The van der Waals surface area contributed by atoms with Crippen molar-refractivity contribution in [3.8, 4) is 17.4 Å². The van der Waals surface area contributed by atoms with Crippen LogP contribution in [0.15, 0.2) is 30.5 Å². The zero-order chi connectivity index (χ0) is 16.3. The summed E-state index contributed by atoms with van der Waals surface area (Å²) in [6.45, 7) is 3.68. The van der Waals surface area contributed by atoms with Crippen molar-refractivity contribution in [2.24, 2.45) is 0 Å². The normalized spacial score (nSPS) is 10.6. The summed E-state index contributed by atoms with van der Waals surface area (Å²) in [7, 11) is 0. The maximum atomic E-state index is 13.6. The number of hydrogen-bond acceptors (Lipinski definition) is 4. The van der Waals surface area contributed by atoms with E-state index in [1.807, 2.05) is 13.8 Å². The van der Waals surface area contributed by atoms with Gasteiger partial charge in [-0.05, 0) is 26.0 Å². The van der Waals surface area contributed by atoms with Gasteiger partial charge in [0.2, 0.25) is 5.88 Å². The Bertz CT molecular complexity index is 706. The third kappa shape index (κ3) is 3.85. The second kappa shape index (κ2) is 6.62. The lowest BCUT2D eigenvalue weighted by Gasteiger charge is -2.11. The summed E-state index contributed by atoms with van der Waals surface area (Å²) in [4.78, 5) is 14.8. The van der Waals surface area contributed by atoms with Crippen LogP contribution in [-0.4, -0.2) is 22.2 Å². The maximum Gasteiger partial charge on any atom is 0.338 e. The van der Waals surface area contributed by atoms with Crippen LogP contribution in [0.3, 0.4) is 0 Å². The first-order chi connectivity index (χ1) is 10.4. The lowest BCUT2D eigenvalue weighted by atomic mass is 10.2. The van der Waals surface area contributed by atoms with E-state index in [4.69, 9.17) is 26.2 Å². The Balaban J connectivity index is 2.19. The molecule has 1 heterocycles. The minimum absolute atomic E-state index is 0.0746. The van der Waals surface area contributed by atoms with Crippen LogP contribution in [0.2, 0.25) is 5.02 Å². The number of ether oxygens (including phenoxy) is 2. The molecule has 0 amide bonds. The molecule has 5 nitrogen and oxygen atoms in total. The fourth-order valence-corrected chi connectivity index (χ4v) is 1.84. The van der Waals surface area contributed by atoms with Crippen molar-refractivity contribution in [3.63, 3.8) is 0 Å². The molecule has 0 saturated heterocycles. The highest BCUT2D eigenvalue weighted by Crippen LogP contribution is 2.30. The van der Waals surface area contributed by atoms with E-state index in [1.54, 1.807) is 0 Å². The lowest BCUT2D eigenvalue weighted by molar-refractivity contribution is 0.0692. The van der Waals surface area contributed by atoms with E-state index < -0.39 is 17.3 Å². The molecule has 2 aromatic rings. The molecule has 0 spiro atoms. The second-order valence-electron chi connectivity index (χ2n) is 4.67. The summed E-state index contributed by atoms with van der Waals surface area (Å²) in [5.41, 5.74) is -0.427. The summed E-state index contributed by atoms with van der Waals surface area (Å²) >= 11 is 6.02. The van der Waals surface area contributed by atoms with Crippen molar-refractivity contribution >= 4 is 17.6 Å². The average molecular weight is 326 g/mol. The Morgan fingerprint density at radius 1 is 1.32 bits per heavy atom. The molecule has 7 heteroatoms. The Morgan fingerprint density at radius 2 is 2.05 bits per heavy atom. The molecule has 0 bridgehead atoms. The molecular weight excluding hydrogens is 313 g/mol. The third-order valence-corrected chi connectivity index (χ3v) is 2.81. The Labute approximate surface area is 131 Å². The highest BCUT2D eigenvalue weighted by molar-refractivity contribution is 6.31. The Hall–Kier alpha value is -2.34. The van der Waals surface area contributed by atoms with Crippen molar-refractivity contribution < 1.29 is 23.8 Å². The van der Waals surface area contributed by atoms with Crippen LogP contribution in [0.25, 0.3) is 0 Å². The number of rotatable bonds is 5. The number of benzene rings is 1. The molecule has 0 saturated carbocycles. The van der Waals surface area contributed by atoms with Gasteiger partial charge in [0.15, 0.2) is 0 Å². The topological polar surface area (TPSA) is 68.7 Å². The predicted octanol–water partition coefficient (Wildman–Crippen LogP) is 4.15. The first-order valence-corrected chi connectivity index (χ1v) is 6.77. The molecule has 0 unspecified atom stereocenters. The van der Waals surface area contributed by atoms with Gasteiger partial charge in [0, 0.05) is 12.1 Å². The average Bonchev–Trinajstić information content (AvgIpc) is 2.41. The summed E-state index contributed by atoms with van der Waals surface area (Å²) < 4.78 is 24.4. The smallest absolute Gasteiger partial charge is 0.338 e. The number of pyridine rings is 1. The summed E-state index contributed by atoms with van der Waals surface area (Å²) in [5, 5.41) is 9.02. The number of halogens is 2. The zero-order valence-electron chi connectivity index (χ0n) is 11.8. The van der Waals surface area contributed by atoms with Crippen LogP contribution in [0.4, 0.5) is 4.39 Å². The van der Waals surface area contributed by atoms with Crippen LogP contribution >= 0.6 is 11.6 Å². The third-order valence-electron chi connectivity index (χ3n) is 2.54. The zero-order valence-corrected chi connectivity index (χ0v) is 12.6. The van der Waals surface area contributed by atoms with Gasteiger partial charge in [0.25, 0.3) is 0 Å². The van der Waals surface area contributed by atoms with Crippen LogP contribution in [-0.2, 0) is 0 Å². The van der Waals surface area contributed by atoms with E-state index in [2.05, 4.69) is 4.98 Å². The monoisotopic (exact) mass is 325 g/mol. The molecule has 2 rings (SSSR count). The highest BCUT2D eigenvalue weighted by atomic mass is 35.5. The van der Waals surface area contributed by atoms with E-state index in [1.165, 1.54) is 18.3 Å². The number of carboxylic acid groups (broad SMARTS) is 1. The van der Waals surface area contributed by atoms with Gasteiger partial charge < -0.3 is 14.6 Å². The fourth-order valence-electron chi connectivity index (χ4n) is 1.64. The summed E-state index contributed by atoms with van der Waals surface area (Å²) in [5.74, 6) is -1.54. The Morgan fingerprint density at radius 3 is 2.59 bits per heavy atom. The van der Waals surface area contributed by atoms with Crippen molar-refractivity contribution in [1.82, 2.24) is 4.98 Å². The van der Waals surface area contributed by atoms with Gasteiger partial charge in [0.05, 0.1) is 17.9 Å². The molecule has 0 radical (unpaired) electrons. The number of nitrogens with zero attached hydrogens (tertiary/aromatic N) is 1. The molecule has 1 aromatic heterocycles. The van der Waals surface area contributed by atoms with Gasteiger partial charge in [0.1, 0.15) is 22.3 Å². The molecule has 1 aromatic carbocycles. The van der Waals surface area contributed by atoms with Crippen LogP contribution in [0.5, 0.6) is 17.4 Å². The minimum Gasteiger partial charge on any atom is -0.478 e. The van der Waals surface area contributed by atoms with Crippen molar-refractivity contribution in [2.75, 3.05) is 0 Å². The molecule has 0 atom stereocenters. The molecular formula is C15H13ClFNO4. The Kier molecular flexibility index (Phi) is 4.82. The van der Waals surface area contributed by atoms with E-state index in [0.29, 0.717) is 0 Å². The SMILES string of the molecule is CC(C)Oc1ncc(Oc2ccc(C(=O)O)c(F)c2)cc1Cl. The van der Waals surface area contributed by atoms with Crippen LogP contribution < -0.4 is 9.47 Å². The molecule has 0 fully saturated rings. The summed E-state index contributed by atoms with van der Waals surface area (Å²) in [6.07, 6.45) is 1.31. The van der Waals surface area contributed by atoms with Crippen LogP contribution in [0, 0.1) is 5.82 Å². The maximum absolute atomic E-state index is 13.6. The highest BCUT2D eigenvalue weighted by Gasteiger charge is 2.12. The van der Waals surface area contributed by atoms with Gasteiger partial charge in [-0.15, -0.1) is 0 Å².